The molecule has 10 N–H and O–H groups in total. The summed E-state index contributed by atoms with van der Waals surface area (Å²) < 4.78 is 5.16. The average molecular weight is 1800 g/mol. The molecule has 27 nitrogen and oxygen atoms in total. The third kappa shape index (κ3) is 32.9. The number of hydroxylamine groups is 2. The number of benzene rings is 3. The number of amides is 1. The summed E-state index contributed by atoms with van der Waals surface area (Å²) in [4.78, 5) is 119. The Bertz CT molecular complexity index is 3660. The number of aromatic nitrogens is 5. The molecular weight excluding hydrogens is 1740 g/mol. The number of aryl methyl sites for hydroxylation is 2. The van der Waals surface area contributed by atoms with E-state index in [1.807, 2.05) is 36.4 Å². The summed E-state index contributed by atoms with van der Waals surface area (Å²) in [6.07, 6.45) is 4.33. The molecule has 0 aliphatic rings. The van der Waals surface area contributed by atoms with Crippen LogP contribution in [0.3, 0.4) is 0 Å². The maximum atomic E-state index is 12.3. The van der Waals surface area contributed by atoms with Crippen LogP contribution in [0.1, 0.15) is 95.5 Å². The predicted molar refractivity (Wildman–Crippen MR) is 313 cm³/mol. The number of nitrogens with one attached hydrogen (secondary N) is 6. The molecule has 32 heteroatoms. The molecule has 5 heterocycles. The number of aromatic hydroxyl groups is 2. The number of fused-ring (bicyclic) bond motifs is 3. The number of hydrogen-bond donors (Lipinski definition) is 10. The molecule has 8 rings (SSSR count). The molecule has 91 heavy (non-hydrogen) atoms. The number of esters is 1. The average Bonchev–Trinajstić information content (AvgIpc) is 1.39. The van der Waals surface area contributed by atoms with Crippen molar-refractivity contribution in [3.05, 3.63) is 185 Å². The van der Waals surface area contributed by atoms with Gasteiger partial charge in [0.1, 0.15) is 37.0 Å². The molecule has 0 bridgehead atoms. The van der Waals surface area contributed by atoms with Crippen LogP contribution in [0.4, 0.5) is 0 Å². The van der Waals surface area contributed by atoms with E-state index in [9.17, 15) is 59.1 Å². The number of aliphatic carboxylic acids is 2. The van der Waals surface area contributed by atoms with Crippen LogP contribution in [-0.2, 0) is 76.8 Å². The number of para-hydroxylation sites is 3. The third-order valence-corrected chi connectivity index (χ3v) is 12.7. The minimum atomic E-state index is -1.08. The van der Waals surface area contributed by atoms with Crippen LogP contribution in [-0.4, -0.2) is 95.3 Å². The number of aliphatic hydroxyl groups is 2. The Morgan fingerprint density at radius 3 is 1.42 bits per heavy atom. The number of nitrogens with zero attached hydrogens (tertiary/aromatic N) is 2. The van der Waals surface area contributed by atoms with E-state index in [1.165, 1.54) is 24.4 Å². The number of hydrogen-bond acceptors (Lipinski definition) is 23. The van der Waals surface area contributed by atoms with Gasteiger partial charge < -0.3 is 76.8 Å². The molecule has 0 atom stereocenters. The SMILES string of the molecule is Cc1ncc(CBr)c(CO)c1O.Cc1ncc(COC(=O)CCCNC(=O)c2cc(=O)c3ccccc3[nH]2)c(CO)c1O.O=C([O-])CCCNOCc1cc(=O)c2ccccc2[nH]1.O=C([O-])CCCNOCc1cc(=O)c2ccccc2[nH]1.O=CO[O-].[Cs+].[Cs+].[Cs+].[Cs+].[H-]. The number of carbonyl (C=O) groups is 5. The molecule has 0 spiro atoms. The van der Waals surface area contributed by atoms with Crippen LogP contribution >= 0.6 is 15.9 Å². The van der Waals surface area contributed by atoms with Crippen LogP contribution in [0.2, 0.25) is 0 Å². The van der Waals surface area contributed by atoms with Crippen molar-refractivity contribution in [1.29, 1.82) is 0 Å². The number of carboxylic acid groups (broad SMARTS) is 2. The van der Waals surface area contributed by atoms with E-state index in [0.717, 1.165) is 16.6 Å². The number of rotatable bonds is 25. The smallest absolute Gasteiger partial charge is 1.00 e. The number of pyridine rings is 5. The van der Waals surface area contributed by atoms with Gasteiger partial charge in [-0.05, 0) is 87.9 Å². The van der Waals surface area contributed by atoms with Crippen LogP contribution in [0.25, 0.3) is 32.7 Å². The van der Waals surface area contributed by atoms with Crippen LogP contribution in [0, 0.1) is 13.8 Å². The number of halogens is 1. The van der Waals surface area contributed by atoms with Gasteiger partial charge in [-0.1, -0.05) is 52.3 Å². The molecule has 466 valence electrons. The number of H-pyrrole nitrogens is 3. The van der Waals surface area contributed by atoms with Gasteiger partial charge in [-0.15, -0.1) is 0 Å². The van der Waals surface area contributed by atoms with Crippen molar-refractivity contribution >= 4 is 78.9 Å². The fraction of sp³-hybridized carbons (Fsp3) is 0.288. The van der Waals surface area contributed by atoms with Gasteiger partial charge in [0.15, 0.2) is 16.3 Å². The Morgan fingerprint density at radius 1 is 0.604 bits per heavy atom. The van der Waals surface area contributed by atoms with Crippen molar-refractivity contribution < 1.29 is 356 Å². The quantitative estimate of drug-likeness (QED) is 0.00634. The van der Waals surface area contributed by atoms with Crippen LogP contribution in [0.15, 0.2) is 118 Å². The molecule has 0 saturated heterocycles. The van der Waals surface area contributed by atoms with Gasteiger partial charge in [0, 0.05) is 135 Å². The maximum absolute atomic E-state index is 12.3. The van der Waals surface area contributed by atoms with Gasteiger partial charge in [0.05, 0.1) is 24.6 Å². The van der Waals surface area contributed by atoms with Crippen molar-refractivity contribution in [2.45, 2.75) is 90.7 Å². The topological polar surface area (TPSA) is 433 Å². The first-order chi connectivity index (χ1) is 41.8. The van der Waals surface area contributed by atoms with Gasteiger partial charge in [-0.3, -0.25) is 48.4 Å². The molecule has 0 aliphatic carbocycles. The van der Waals surface area contributed by atoms with E-state index in [4.69, 9.17) is 29.6 Å². The number of carbonyl (C=O) groups excluding carboxylic acids is 5. The van der Waals surface area contributed by atoms with E-state index in [1.54, 1.807) is 56.4 Å². The summed E-state index contributed by atoms with van der Waals surface area (Å²) in [6.45, 7) is 3.88. The second kappa shape index (κ2) is 51.2. The van der Waals surface area contributed by atoms with Gasteiger partial charge in [-0.2, -0.15) is 0 Å². The van der Waals surface area contributed by atoms with Crippen molar-refractivity contribution in [2.75, 3.05) is 19.6 Å². The van der Waals surface area contributed by atoms with Crippen molar-refractivity contribution in [1.82, 2.24) is 41.2 Å². The molecule has 0 unspecified atom stereocenters. The number of carboxylic acids is 2. The zero-order valence-electron chi connectivity index (χ0n) is 52.2. The monoisotopic (exact) mass is 1800 g/mol. The Morgan fingerprint density at radius 2 is 1.00 bits per heavy atom. The first-order valence-electron chi connectivity index (χ1n) is 26.5. The largest absolute Gasteiger partial charge is 1.00 e. The predicted octanol–water partition coefficient (Wildman–Crippen LogP) is -10.1. The Balaban J connectivity index is 0. The molecule has 8 aromatic rings. The normalized spacial score (nSPS) is 10.0. The van der Waals surface area contributed by atoms with E-state index >= 15 is 0 Å². The molecule has 0 fully saturated rings. The second-order valence-electron chi connectivity index (χ2n) is 18.4. The molecule has 5 aromatic heterocycles. The molecule has 1 amide bonds. The van der Waals surface area contributed by atoms with E-state index < -0.39 is 30.4 Å². The number of aromatic amines is 3. The fourth-order valence-corrected chi connectivity index (χ4v) is 8.19. The van der Waals surface area contributed by atoms with Crippen LogP contribution < -0.4 is 324 Å². The molecule has 0 aliphatic heterocycles. The Labute approximate surface area is 766 Å². The molecular formula is C59H65BrCs4N8O19. The van der Waals surface area contributed by atoms with Crippen molar-refractivity contribution in [2.24, 2.45) is 0 Å². The maximum Gasteiger partial charge on any atom is 1.00 e. The number of alkyl halides is 1. The summed E-state index contributed by atoms with van der Waals surface area (Å²) in [5, 5.41) is 71.6. The zero-order valence-corrected chi connectivity index (χ0v) is 77.9. The summed E-state index contributed by atoms with van der Waals surface area (Å²) in [7, 11) is 0. The summed E-state index contributed by atoms with van der Waals surface area (Å²) >= 11 is 3.25. The second-order valence-corrected chi connectivity index (χ2v) is 18.9. The van der Waals surface area contributed by atoms with Gasteiger partial charge >= 0.3 is 282 Å². The molecule has 0 saturated carbocycles. The zero-order chi connectivity index (χ0) is 63.7. The first kappa shape index (κ1) is 89.9. The number of aliphatic hydroxyl groups excluding tert-OH is 2. The van der Waals surface area contributed by atoms with Crippen molar-refractivity contribution in [3.63, 3.8) is 0 Å². The van der Waals surface area contributed by atoms with Crippen LogP contribution in [0.5, 0.6) is 11.5 Å². The molecule has 3 aromatic carbocycles. The van der Waals surface area contributed by atoms with E-state index in [2.05, 4.69) is 62.0 Å². The summed E-state index contributed by atoms with van der Waals surface area (Å²) in [5.74, 6) is -3.11. The standard InChI is InChI=1S/C22H23N3O6.2C14H16N2O4.C8H10BrNO2.CH2O3.4Cs.H/c1-13-21(29)16(11-26)14(10-24-13)12-31-20(28)7-4-8-23-22(30)18-9-19(27)15-5-2-3-6-17(15)25-18;2*17-13-8-10(9-20-15-7-3-6-14(18)19)16-12-5-2-1-4-11(12)13;1-5-8(12)7(4-11)6(2-9)3-10-5;2-1-4-3;;;;;/h2-3,5-6,9-10,26,29H,4,7-8,11-12H2,1H3,(H,23,30)(H,25,27);2*1-2,4-5,8,15H,3,6-7,9H2,(H,16,17)(H,18,19);3,11-12H,2,4H2,1H3;1,3H;;;;;/q;;;;;4*+1;-1/p-3. The summed E-state index contributed by atoms with van der Waals surface area (Å²) in [6, 6.07) is 25.6. The fourth-order valence-electron chi connectivity index (χ4n) is 7.71. The molecule has 0 radical (unpaired) electrons. The van der Waals surface area contributed by atoms with Gasteiger partial charge in [0.25, 0.3) is 12.4 Å². The number of ether oxygens (including phenoxy) is 1. The Kier molecular flexibility index (Phi) is 50.6. The van der Waals surface area contributed by atoms with E-state index in [-0.39, 0.29) is 375 Å². The summed E-state index contributed by atoms with van der Waals surface area (Å²) in [5.41, 5.74) is 11.5. The Hall–Kier alpha value is -1.05. The minimum absolute atomic E-state index is 0. The first-order valence-corrected chi connectivity index (χ1v) is 27.7. The van der Waals surface area contributed by atoms with Gasteiger partial charge in [0.2, 0.25) is 0 Å². The van der Waals surface area contributed by atoms with Crippen molar-refractivity contribution in [3.8, 4) is 11.5 Å². The van der Waals surface area contributed by atoms with Gasteiger partial charge in [-0.25, -0.2) is 11.0 Å². The minimum Gasteiger partial charge on any atom is -1.00 e. The van der Waals surface area contributed by atoms with E-state index in [0.29, 0.717) is 93.3 Å². The third-order valence-electron chi connectivity index (χ3n) is 12.1.